The average molecular weight is 515 g/mol. The van der Waals surface area contributed by atoms with Crippen LogP contribution in [0.3, 0.4) is 0 Å². The van der Waals surface area contributed by atoms with Crippen LogP contribution in [0.2, 0.25) is 13.1 Å². The van der Waals surface area contributed by atoms with E-state index in [-0.39, 0.29) is 23.1 Å². The Morgan fingerprint density at radius 1 is 1.11 bits per heavy atom. The predicted octanol–water partition coefficient (Wildman–Crippen LogP) is 4.65. The lowest BCUT2D eigenvalue weighted by atomic mass is 9.62. The summed E-state index contributed by atoms with van der Waals surface area (Å²) in [7, 11) is -1.50. The molecule has 1 saturated heterocycles. The summed E-state index contributed by atoms with van der Waals surface area (Å²) in [6, 6.07) is 6.76. The van der Waals surface area contributed by atoms with E-state index in [1.807, 2.05) is 26.0 Å². The Kier molecular flexibility index (Phi) is 7.16. The quantitative estimate of drug-likeness (QED) is 0.457. The second kappa shape index (κ2) is 9.60. The fraction of sp³-hybridized carbons (Fsp3) is 0.679. The van der Waals surface area contributed by atoms with Crippen LogP contribution in [-0.4, -0.2) is 49.0 Å². The molecular weight excluding hydrogens is 472 g/mol. The molecule has 1 saturated carbocycles. The van der Waals surface area contributed by atoms with E-state index in [1.54, 1.807) is 12.1 Å². The molecule has 1 spiro atoms. The molecule has 4 atom stereocenters. The summed E-state index contributed by atoms with van der Waals surface area (Å²) in [6.07, 6.45) is 5.14. The molecule has 2 aliphatic heterocycles. The van der Waals surface area contributed by atoms with Gasteiger partial charge >= 0.3 is 0 Å². The fourth-order valence-electron chi connectivity index (χ4n) is 6.17. The molecule has 7 nitrogen and oxygen atoms in total. The molecule has 0 bridgehead atoms. The Bertz CT molecular complexity index is 1030. The first-order valence-corrected chi connectivity index (χ1v) is 16.2. The van der Waals surface area contributed by atoms with Crippen molar-refractivity contribution in [2.24, 2.45) is 17.3 Å². The number of rotatable bonds is 5. The summed E-state index contributed by atoms with van der Waals surface area (Å²) in [4.78, 5) is 42.5. The second-order valence-electron chi connectivity index (χ2n) is 12.3. The maximum absolute atomic E-state index is 14.2. The normalized spacial score (nSPS) is 26.3. The Hall–Kier alpha value is -2.19. The lowest BCUT2D eigenvalue weighted by Crippen LogP contribution is -2.74. The van der Waals surface area contributed by atoms with E-state index in [2.05, 4.69) is 39.2 Å². The Balaban J connectivity index is 1.70. The highest BCUT2D eigenvalue weighted by atomic mass is 28.3. The molecule has 2 heterocycles. The maximum Gasteiger partial charge on any atom is 0.267 e. The van der Waals surface area contributed by atoms with Crippen molar-refractivity contribution in [1.82, 2.24) is 10.2 Å². The van der Waals surface area contributed by atoms with Gasteiger partial charge in [-0.3, -0.25) is 14.4 Å². The third-order valence-electron chi connectivity index (χ3n) is 8.58. The molecule has 0 aromatic heterocycles. The standard InChI is InChI=1S/C28H42N2O5Si/c1-18(22-21(23(31)29-22)27(5,26(2,3)4)35-36(6)7)24(32)30-25(33)19-14-10-11-15-20(19)34-28(30)16-12-8-9-13-17-28/h10-11,14-15,18,21-22,36H,8-9,12-13,16-17H2,1-7H3,(H,29,31)/t18-,21-,22-,27-/m1/s1. The van der Waals surface area contributed by atoms with E-state index >= 15 is 0 Å². The van der Waals surface area contributed by atoms with Gasteiger partial charge in [0.2, 0.25) is 11.8 Å². The molecule has 1 N–H and O–H groups in total. The van der Waals surface area contributed by atoms with E-state index in [9.17, 15) is 14.4 Å². The first kappa shape index (κ1) is 26.9. The van der Waals surface area contributed by atoms with Gasteiger partial charge in [0.1, 0.15) is 5.75 Å². The zero-order valence-corrected chi connectivity index (χ0v) is 24.0. The number of nitrogens with zero attached hydrogens (tertiary/aromatic N) is 1. The van der Waals surface area contributed by atoms with E-state index in [0.717, 1.165) is 25.7 Å². The van der Waals surface area contributed by atoms with E-state index in [0.29, 0.717) is 24.2 Å². The molecule has 0 radical (unpaired) electrons. The zero-order valence-electron chi connectivity index (χ0n) is 22.8. The maximum atomic E-state index is 14.2. The number of fused-ring (bicyclic) bond motifs is 1. The van der Waals surface area contributed by atoms with Crippen molar-refractivity contribution in [1.29, 1.82) is 0 Å². The highest BCUT2D eigenvalue weighted by molar-refractivity contribution is 6.48. The second-order valence-corrected chi connectivity index (χ2v) is 14.6. The van der Waals surface area contributed by atoms with E-state index < -0.39 is 38.2 Å². The molecular formula is C28H42N2O5Si. The minimum absolute atomic E-state index is 0.0949. The first-order valence-electron chi connectivity index (χ1n) is 13.5. The van der Waals surface area contributed by atoms with Gasteiger partial charge in [0.25, 0.3) is 5.91 Å². The number of amides is 3. The van der Waals surface area contributed by atoms with Crippen molar-refractivity contribution in [3.05, 3.63) is 29.8 Å². The van der Waals surface area contributed by atoms with Gasteiger partial charge in [-0.05, 0) is 50.4 Å². The van der Waals surface area contributed by atoms with Crippen molar-refractivity contribution < 1.29 is 23.5 Å². The third-order valence-corrected chi connectivity index (χ3v) is 9.54. The fourth-order valence-corrected chi connectivity index (χ4v) is 7.65. The van der Waals surface area contributed by atoms with Crippen molar-refractivity contribution >= 4 is 26.8 Å². The first-order chi connectivity index (χ1) is 16.8. The van der Waals surface area contributed by atoms with Gasteiger partial charge in [-0.1, -0.05) is 52.7 Å². The summed E-state index contributed by atoms with van der Waals surface area (Å²) >= 11 is 0. The Morgan fingerprint density at radius 2 is 1.72 bits per heavy atom. The molecule has 198 valence electrons. The number of imide groups is 1. The van der Waals surface area contributed by atoms with Crippen LogP contribution in [-0.2, 0) is 14.0 Å². The van der Waals surface area contributed by atoms with Crippen LogP contribution in [0.15, 0.2) is 24.3 Å². The topological polar surface area (TPSA) is 84.9 Å². The molecule has 3 aliphatic rings. The Labute approximate surface area is 217 Å². The largest absolute Gasteiger partial charge is 0.467 e. The SMILES string of the molecule is C[C@@H](C(=O)N1C(=O)c2ccccc2OC12CCCCCC2)[C@H]1NC(=O)[C@@H]1[C@@](C)(O[SiH](C)C)C(C)(C)C. The third kappa shape index (κ3) is 4.40. The van der Waals surface area contributed by atoms with Crippen molar-refractivity contribution in [2.75, 3.05) is 0 Å². The van der Waals surface area contributed by atoms with Crippen LogP contribution in [0.1, 0.15) is 83.5 Å². The number of hydrogen-bond acceptors (Lipinski definition) is 5. The van der Waals surface area contributed by atoms with Crippen LogP contribution in [0, 0.1) is 17.3 Å². The van der Waals surface area contributed by atoms with Crippen molar-refractivity contribution in [3.63, 3.8) is 0 Å². The lowest BCUT2D eigenvalue weighted by Gasteiger charge is -2.56. The number of carbonyl (C=O) groups excluding carboxylic acids is 3. The minimum Gasteiger partial charge on any atom is -0.467 e. The van der Waals surface area contributed by atoms with Crippen LogP contribution in [0.4, 0.5) is 0 Å². The average Bonchev–Trinajstić information content (AvgIpc) is 3.01. The monoisotopic (exact) mass is 514 g/mol. The summed E-state index contributed by atoms with van der Waals surface area (Å²) in [6.45, 7) is 14.3. The van der Waals surface area contributed by atoms with Crippen LogP contribution in [0.5, 0.6) is 5.75 Å². The van der Waals surface area contributed by atoms with Crippen LogP contribution in [0.25, 0.3) is 0 Å². The van der Waals surface area contributed by atoms with Gasteiger partial charge in [-0.15, -0.1) is 0 Å². The van der Waals surface area contributed by atoms with Crippen LogP contribution < -0.4 is 10.1 Å². The number of nitrogens with one attached hydrogen (secondary N) is 1. The molecule has 1 aromatic rings. The number of hydrogen-bond donors (Lipinski definition) is 1. The predicted molar refractivity (Wildman–Crippen MR) is 141 cm³/mol. The number of β-lactam (4-membered cyclic amide) rings is 1. The highest BCUT2D eigenvalue weighted by Gasteiger charge is 2.61. The van der Waals surface area contributed by atoms with Gasteiger partial charge < -0.3 is 14.5 Å². The zero-order chi connectivity index (χ0) is 26.5. The van der Waals surface area contributed by atoms with Crippen LogP contribution >= 0.6 is 0 Å². The summed E-state index contributed by atoms with van der Waals surface area (Å²) < 4.78 is 13.1. The lowest BCUT2D eigenvalue weighted by molar-refractivity contribution is -0.170. The number of ether oxygens (including phenoxy) is 1. The van der Waals surface area contributed by atoms with Gasteiger partial charge in [-0.25, -0.2) is 4.90 Å². The Morgan fingerprint density at radius 3 is 2.28 bits per heavy atom. The van der Waals surface area contributed by atoms with Gasteiger partial charge in [0.15, 0.2) is 14.8 Å². The summed E-state index contributed by atoms with van der Waals surface area (Å²) in [5.41, 5.74) is -1.62. The van der Waals surface area contributed by atoms with Gasteiger partial charge in [0.05, 0.1) is 29.0 Å². The summed E-state index contributed by atoms with van der Waals surface area (Å²) in [5.74, 6) is -1.23. The molecule has 3 amide bonds. The highest BCUT2D eigenvalue weighted by Crippen LogP contribution is 2.47. The molecule has 8 heteroatoms. The number of carbonyl (C=O) groups is 3. The van der Waals surface area contributed by atoms with E-state index in [4.69, 9.17) is 9.16 Å². The van der Waals surface area contributed by atoms with E-state index in [1.165, 1.54) is 4.90 Å². The molecule has 0 unspecified atom stereocenters. The molecule has 1 aromatic carbocycles. The minimum atomic E-state index is -1.50. The van der Waals surface area contributed by atoms with Gasteiger partial charge in [-0.2, -0.15) is 0 Å². The number of benzene rings is 1. The van der Waals surface area contributed by atoms with Gasteiger partial charge in [0, 0.05) is 12.8 Å². The molecule has 36 heavy (non-hydrogen) atoms. The smallest absolute Gasteiger partial charge is 0.267 e. The van der Waals surface area contributed by atoms with Crippen molar-refractivity contribution in [2.45, 2.75) is 104 Å². The molecule has 4 rings (SSSR count). The molecule has 1 aliphatic carbocycles. The molecule has 2 fully saturated rings. The summed E-state index contributed by atoms with van der Waals surface area (Å²) in [5, 5.41) is 3.00. The number of para-hydroxylation sites is 1. The van der Waals surface area contributed by atoms with Crippen molar-refractivity contribution in [3.8, 4) is 5.75 Å².